The van der Waals surface area contributed by atoms with Crippen molar-refractivity contribution in [1.29, 1.82) is 0 Å². The Labute approximate surface area is 337 Å². The molecule has 0 bridgehead atoms. The Kier molecular flexibility index (Phi) is 12.1. The Morgan fingerprint density at radius 3 is 2.62 bits per heavy atom. The minimum absolute atomic E-state index is 0.0118. The molecule has 7 rings (SSSR count). The summed E-state index contributed by atoms with van der Waals surface area (Å²) in [5.41, 5.74) is 1.68. The van der Waals surface area contributed by atoms with Gasteiger partial charge in [-0.3, -0.25) is 24.4 Å². The molecule has 0 spiro atoms. The summed E-state index contributed by atoms with van der Waals surface area (Å²) in [6.45, 7) is 2.55. The Balaban J connectivity index is 1.10. The lowest BCUT2D eigenvalue weighted by Gasteiger charge is -2.46. The van der Waals surface area contributed by atoms with Crippen LogP contribution in [0.4, 0.5) is 13.2 Å². The van der Waals surface area contributed by atoms with E-state index in [1.807, 2.05) is 24.1 Å². The van der Waals surface area contributed by atoms with Crippen molar-refractivity contribution in [2.75, 3.05) is 39.3 Å². The van der Waals surface area contributed by atoms with E-state index in [2.05, 4.69) is 15.3 Å². The van der Waals surface area contributed by atoms with Crippen molar-refractivity contribution in [3.8, 4) is 17.1 Å². The van der Waals surface area contributed by atoms with Crippen LogP contribution in [0.3, 0.4) is 0 Å². The zero-order valence-corrected chi connectivity index (χ0v) is 32.5. The van der Waals surface area contributed by atoms with Crippen molar-refractivity contribution in [3.05, 3.63) is 101 Å². The van der Waals surface area contributed by atoms with Crippen LogP contribution in [-0.4, -0.2) is 106 Å². The number of fused-ring (bicyclic) bond motifs is 2. The maximum Gasteiger partial charge on any atom is 0.405 e. The highest BCUT2D eigenvalue weighted by atomic mass is 35.5. The second-order valence-electron chi connectivity index (χ2n) is 15.2. The Hall–Kier alpha value is -5.00. The van der Waals surface area contributed by atoms with Crippen molar-refractivity contribution in [2.24, 2.45) is 5.92 Å². The fraction of sp³-hybridized carbons (Fsp3) is 0.415. The minimum atomic E-state index is -4.64. The van der Waals surface area contributed by atoms with E-state index in [9.17, 15) is 33.0 Å². The zero-order valence-electron chi connectivity index (χ0n) is 31.8. The Morgan fingerprint density at radius 2 is 1.84 bits per heavy atom. The number of carbonyl (C=O) groups is 2. The molecule has 5 aromatic rings. The molecule has 0 radical (unpaired) electrons. The van der Waals surface area contributed by atoms with Gasteiger partial charge in [0.25, 0.3) is 0 Å². The maximum absolute atomic E-state index is 14.2. The average molecular weight is 825 g/mol. The molecule has 0 saturated carbocycles. The number of hydrogen-bond donors (Lipinski definition) is 4. The smallest absolute Gasteiger partial charge is 0.405 e. The number of piperazine rings is 1. The molecule has 2 aliphatic heterocycles. The molecule has 0 unspecified atom stereocenters. The number of β-amino-alcohol motifs (C(OH)–C–C–N with tert-alkyl or cyclic N) is 1. The van der Waals surface area contributed by atoms with Crippen LogP contribution in [-0.2, 0) is 21.5 Å². The van der Waals surface area contributed by atoms with Crippen LogP contribution in [0.5, 0.6) is 5.75 Å². The van der Waals surface area contributed by atoms with E-state index in [4.69, 9.17) is 25.2 Å². The third-order valence-electron chi connectivity index (χ3n) is 10.8. The highest BCUT2D eigenvalue weighted by molar-refractivity contribution is 6.30. The lowest BCUT2D eigenvalue weighted by Crippen LogP contribution is -2.63. The van der Waals surface area contributed by atoms with Crippen LogP contribution in [0, 0.1) is 5.92 Å². The summed E-state index contributed by atoms with van der Waals surface area (Å²) in [6, 6.07) is 14.0. The number of ether oxygens (including phenoxy) is 1. The van der Waals surface area contributed by atoms with E-state index in [1.54, 1.807) is 78.1 Å². The number of halogens is 4. The second kappa shape index (κ2) is 17.1. The van der Waals surface area contributed by atoms with E-state index in [-0.39, 0.29) is 39.1 Å². The molecule has 5 atom stereocenters. The topological polar surface area (TPSA) is 166 Å². The molecule has 17 heteroatoms. The molecule has 13 nitrogen and oxygen atoms in total. The third kappa shape index (κ3) is 9.31. The predicted octanol–water partition coefficient (Wildman–Crippen LogP) is 5.26. The molecule has 1 saturated heterocycles. The minimum Gasteiger partial charge on any atom is -0.490 e. The normalized spacial score (nSPS) is 20.2. The molecule has 1 fully saturated rings. The van der Waals surface area contributed by atoms with E-state index in [0.717, 1.165) is 10.9 Å². The van der Waals surface area contributed by atoms with Gasteiger partial charge >= 0.3 is 6.18 Å². The number of aliphatic hydroxyl groups is 2. The van der Waals surface area contributed by atoms with E-state index in [0.29, 0.717) is 45.7 Å². The van der Waals surface area contributed by atoms with Crippen LogP contribution in [0.15, 0.2) is 88.3 Å². The standard InChI is InChI=1S/C41H44ClF3N6O7/c1-40(2,39-47-18-34(58-39)24-7-9-27(42)10-8-24)51-14-13-50(31(20-51)38(55)48-23-41(43,44)45)19-28(52)16-25(15-26-21-56-35-17-46-12-11-29(26)35)37(54)49-36-30-5-3-4-6-33(30)57-22-32(36)53/h3-12,17-18,21,25,28,31-32,36,52-53H,13-16,19-20,22-23H2,1-2H3,(H,48,55)(H,49,54)/t25-,28-,31-,32+,36-/m0/s1. The van der Waals surface area contributed by atoms with Crippen LogP contribution in [0.25, 0.3) is 22.3 Å². The summed E-state index contributed by atoms with van der Waals surface area (Å²) >= 11 is 6.05. The predicted molar refractivity (Wildman–Crippen MR) is 207 cm³/mol. The van der Waals surface area contributed by atoms with Crippen molar-refractivity contribution >= 4 is 34.4 Å². The van der Waals surface area contributed by atoms with Gasteiger partial charge in [-0.1, -0.05) is 29.8 Å². The van der Waals surface area contributed by atoms with E-state index >= 15 is 0 Å². The molecule has 58 heavy (non-hydrogen) atoms. The first-order chi connectivity index (χ1) is 27.7. The zero-order chi connectivity index (χ0) is 41.2. The summed E-state index contributed by atoms with van der Waals surface area (Å²) in [6.07, 6.45) is -0.547. The van der Waals surface area contributed by atoms with Crippen molar-refractivity contribution in [1.82, 2.24) is 30.4 Å². The van der Waals surface area contributed by atoms with Gasteiger partial charge in [0.15, 0.2) is 11.3 Å². The molecular weight excluding hydrogens is 781 g/mol. The molecule has 4 N–H and O–H groups in total. The van der Waals surface area contributed by atoms with Gasteiger partial charge in [-0.2, -0.15) is 13.2 Å². The van der Waals surface area contributed by atoms with Crippen LogP contribution >= 0.6 is 11.6 Å². The number of amides is 2. The summed E-state index contributed by atoms with van der Waals surface area (Å²) in [4.78, 5) is 39.9. The van der Waals surface area contributed by atoms with Crippen LogP contribution < -0.4 is 15.4 Å². The van der Waals surface area contributed by atoms with E-state index < -0.39 is 60.3 Å². The number of oxazole rings is 1. The van der Waals surface area contributed by atoms with Gasteiger partial charge in [-0.05, 0) is 68.7 Å². The van der Waals surface area contributed by atoms with Gasteiger partial charge in [-0.15, -0.1) is 0 Å². The number of nitrogens with one attached hydrogen (secondary N) is 2. The number of nitrogens with zero attached hydrogens (tertiary/aromatic N) is 4. The van der Waals surface area contributed by atoms with Crippen molar-refractivity contribution in [3.63, 3.8) is 0 Å². The van der Waals surface area contributed by atoms with Gasteiger partial charge in [0.05, 0.1) is 36.3 Å². The first-order valence-corrected chi connectivity index (χ1v) is 19.3. The molecule has 2 aliphatic rings. The summed E-state index contributed by atoms with van der Waals surface area (Å²) in [5.74, 6) is -0.796. The average Bonchev–Trinajstić information content (AvgIpc) is 3.87. The number of hydrogen-bond acceptors (Lipinski definition) is 11. The molecule has 5 heterocycles. The maximum atomic E-state index is 14.2. The Morgan fingerprint density at radius 1 is 1.07 bits per heavy atom. The largest absolute Gasteiger partial charge is 0.490 e. The number of furan rings is 1. The highest BCUT2D eigenvalue weighted by Crippen LogP contribution is 2.35. The summed E-state index contributed by atoms with van der Waals surface area (Å²) in [7, 11) is 0. The first kappa shape index (κ1) is 41.2. The number of aliphatic hydroxyl groups excluding tert-OH is 2. The number of benzene rings is 2. The Bertz CT molecular complexity index is 2210. The SMILES string of the molecule is CC(C)(c1ncc(-c2ccc(Cl)cc2)o1)N1CCN(C[C@@H](O)C[C@H](Cc2coc3cnccc23)C(=O)N[C@H]2c3ccccc3OC[C@H]2O)[C@H](C(=O)NCC(F)(F)F)C1. The third-order valence-corrected chi connectivity index (χ3v) is 11.1. The van der Waals surface area contributed by atoms with Gasteiger partial charge in [-0.25, -0.2) is 4.98 Å². The number of aromatic nitrogens is 2. The lowest BCUT2D eigenvalue weighted by molar-refractivity contribution is -0.144. The number of pyridine rings is 1. The molecular formula is C41H44ClF3N6O7. The van der Waals surface area contributed by atoms with Crippen LogP contribution in [0.2, 0.25) is 5.02 Å². The van der Waals surface area contributed by atoms with Gasteiger partial charge in [0.2, 0.25) is 17.7 Å². The summed E-state index contributed by atoms with van der Waals surface area (Å²) in [5, 5.41) is 28.9. The quantitative estimate of drug-likeness (QED) is 0.122. The molecule has 2 amide bonds. The monoisotopic (exact) mass is 824 g/mol. The number of rotatable bonds is 13. The van der Waals surface area contributed by atoms with E-state index in [1.165, 1.54) is 6.26 Å². The number of alkyl halides is 3. The van der Waals surface area contributed by atoms with Gasteiger partial charge < -0.3 is 34.4 Å². The fourth-order valence-electron chi connectivity index (χ4n) is 7.65. The van der Waals surface area contributed by atoms with Crippen LogP contribution in [0.1, 0.15) is 43.3 Å². The highest BCUT2D eigenvalue weighted by Gasteiger charge is 2.43. The van der Waals surface area contributed by atoms with Gasteiger partial charge in [0.1, 0.15) is 31.0 Å². The summed E-state index contributed by atoms with van der Waals surface area (Å²) < 4.78 is 57.4. The molecule has 3 aromatic heterocycles. The van der Waals surface area contributed by atoms with Gasteiger partial charge in [0, 0.05) is 59.8 Å². The van der Waals surface area contributed by atoms with Crippen molar-refractivity contribution in [2.45, 2.75) is 62.7 Å². The lowest BCUT2D eigenvalue weighted by atomic mass is 9.90. The molecule has 2 aromatic carbocycles. The number of carbonyl (C=O) groups excluding carboxylic acids is 2. The molecule has 308 valence electrons. The fourth-order valence-corrected chi connectivity index (χ4v) is 7.78. The number of para-hydroxylation sites is 1. The molecule has 0 aliphatic carbocycles. The van der Waals surface area contributed by atoms with Crippen molar-refractivity contribution < 1.29 is 46.5 Å². The second-order valence-corrected chi connectivity index (χ2v) is 15.6. The first-order valence-electron chi connectivity index (χ1n) is 18.9.